The van der Waals surface area contributed by atoms with Crippen molar-refractivity contribution < 1.29 is 28.6 Å². The molecule has 0 rings (SSSR count). The zero-order chi connectivity index (χ0) is 59.9. The number of hydrogen-bond donors (Lipinski definition) is 0. The Kier molecular flexibility index (Phi) is 66.7. The van der Waals surface area contributed by atoms with Gasteiger partial charge in [-0.2, -0.15) is 0 Å². The van der Waals surface area contributed by atoms with E-state index in [1.807, 2.05) is 0 Å². The first-order valence-electron chi connectivity index (χ1n) is 35.0. The van der Waals surface area contributed by atoms with E-state index in [-0.39, 0.29) is 37.5 Å². The Hall–Kier alpha value is -4.19. The van der Waals surface area contributed by atoms with Crippen molar-refractivity contribution in [2.75, 3.05) is 13.2 Å². The fourth-order valence-corrected chi connectivity index (χ4v) is 9.67. The monoisotopic (exact) mass is 1150 g/mol. The summed E-state index contributed by atoms with van der Waals surface area (Å²) in [7, 11) is 0. The molecular weight excluding hydrogens is 1020 g/mol. The highest BCUT2D eigenvalue weighted by Crippen LogP contribution is 2.17. The summed E-state index contributed by atoms with van der Waals surface area (Å²) >= 11 is 0. The maximum atomic E-state index is 12.9. The molecule has 83 heavy (non-hydrogen) atoms. The van der Waals surface area contributed by atoms with Crippen LogP contribution in [0.25, 0.3) is 0 Å². The summed E-state index contributed by atoms with van der Waals surface area (Å²) in [5.41, 5.74) is 0. The van der Waals surface area contributed by atoms with Gasteiger partial charge in [0.25, 0.3) is 0 Å². The van der Waals surface area contributed by atoms with E-state index >= 15 is 0 Å². The number of allylic oxidation sites excluding steroid dienone is 20. The number of rotatable bonds is 63. The van der Waals surface area contributed by atoms with Crippen molar-refractivity contribution in [2.24, 2.45) is 0 Å². The number of hydrogen-bond acceptors (Lipinski definition) is 6. The highest BCUT2D eigenvalue weighted by atomic mass is 16.6. The van der Waals surface area contributed by atoms with Gasteiger partial charge in [0.1, 0.15) is 13.2 Å². The average molecular weight is 1150 g/mol. The zero-order valence-corrected chi connectivity index (χ0v) is 54.4. The lowest BCUT2D eigenvalue weighted by Crippen LogP contribution is -2.30. The molecule has 0 saturated heterocycles. The van der Waals surface area contributed by atoms with E-state index in [0.717, 1.165) is 116 Å². The van der Waals surface area contributed by atoms with Gasteiger partial charge in [0.05, 0.1) is 0 Å². The first-order valence-corrected chi connectivity index (χ1v) is 35.0. The molecule has 0 radical (unpaired) electrons. The molecular formula is C77H130O6. The largest absolute Gasteiger partial charge is 0.462 e. The van der Waals surface area contributed by atoms with E-state index in [1.54, 1.807) is 0 Å². The van der Waals surface area contributed by atoms with Crippen LogP contribution in [0, 0.1) is 0 Å². The maximum Gasteiger partial charge on any atom is 0.306 e. The van der Waals surface area contributed by atoms with Crippen LogP contribution in [0.4, 0.5) is 0 Å². The number of esters is 3. The molecule has 1 atom stereocenters. The molecule has 0 aliphatic rings. The van der Waals surface area contributed by atoms with E-state index in [1.165, 1.54) is 167 Å². The molecule has 0 amide bonds. The summed E-state index contributed by atoms with van der Waals surface area (Å²) in [4.78, 5) is 38.3. The average Bonchev–Trinajstić information content (AvgIpc) is 3.48. The third-order valence-electron chi connectivity index (χ3n) is 14.9. The van der Waals surface area contributed by atoms with Gasteiger partial charge in [0, 0.05) is 19.3 Å². The van der Waals surface area contributed by atoms with Crippen LogP contribution in [0.15, 0.2) is 122 Å². The summed E-state index contributed by atoms with van der Waals surface area (Å²) < 4.78 is 16.9. The van der Waals surface area contributed by atoms with Crippen LogP contribution in [-0.4, -0.2) is 37.2 Å². The molecule has 1 unspecified atom stereocenters. The predicted octanol–water partition coefficient (Wildman–Crippen LogP) is 24.3. The smallest absolute Gasteiger partial charge is 0.306 e. The van der Waals surface area contributed by atoms with Crippen LogP contribution in [-0.2, 0) is 28.6 Å². The Morgan fingerprint density at radius 3 is 0.807 bits per heavy atom. The van der Waals surface area contributed by atoms with E-state index in [2.05, 4.69) is 142 Å². The number of unbranched alkanes of at least 4 members (excludes halogenated alkanes) is 32. The highest BCUT2D eigenvalue weighted by molar-refractivity contribution is 5.71. The van der Waals surface area contributed by atoms with Crippen LogP contribution in [0.2, 0.25) is 0 Å². The van der Waals surface area contributed by atoms with Crippen LogP contribution in [0.1, 0.15) is 329 Å². The highest BCUT2D eigenvalue weighted by Gasteiger charge is 2.19. The zero-order valence-electron chi connectivity index (χ0n) is 54.4. The lowest BCUT2D eigenvalue weighted by atomic mass is 10.0. The second kappa shape index (κ2) is 70.3. The lowest BCUT2D eigenvalue weighted by Gasteiger charge is -2.18. The van der Waals surface area contributed by atoms with Gasteiger partial charge in [0.2, 0.25) is 0 Å². The van der Waals surface area contributed by atoms with Crippen molar-refractivity contribution >= 4 is 17.9 Å². The molecule has 0 heterocycles. The van der Waals surface area contributed by atoms with E-state index in [0.29, 0.717) is 19.3 Å². The van der Waals surface area contributed by atoms with E-state index in [9.17, 15) is 14.4 Å². The molecule has 0 aromatic carbocycles. The minimum atomic E-state index is -0.807. The Morgan fingerprint density at radius 2 is 0.482 bits per heavy atom. The Bertz CT molecular complexity index is 1700. The molecule has 0 saturated carbocycles. The molecule has 0 N–H and O–H groups in total. The summed E-state index contributed by atoms with van der Waals surface area (Å²) in [6.45, 7) is 6.45. The number of carbonyl (C=O) groups excluding carboxylic acids is 3. The van der Waals surface area contributed by atoms with Gasteiger partial charge in [-0.3, -0.25) is 14.4 Å². The Balaban J connectivity index is 4.22. The summed E-state index contributed by atoms with van der Waals surface area (Å²) in [5, 5.41) is 0. The first kappa shape index (κ1) is 78.8. The lowest BCUT2D eigenvalue weighted by molar-refractivity contribution is -0.167. The molecule has 0 fully saturated rings. The van der Waals surface area contributed by atoms with Crippen LogP contribution in [0.5, 0.6) is 0 Å². The van der Waals surface area contributed by atoms with Crippen molar-refractivity contribution in [3.05, 3.63) is 122 Å². The second-order valence-electron chi connectivity index (χ2n) is 23.1. The Morgan fingerprint density at radius 1 is 0.253 bits per heavy atom. The molecule has 0 aliphatic carbocycles. The van der Waals surface area contributed by atoms with Crippen molar-refractivity contribution in [1.29, 1.82) is 0 Å². The Labute approximate surface area is 513 Å². The summed E-state index contributed by atoms with van der Waals surface area (Å²) in [6, 6.07) is 0. The van der Waals surface area contributed by atoms with E-state index in [4.69, 9.17) is 14.2 Å². The molecule has 0 aromatic rings. The van der Waals surface area contributed by atoms with Crippen molar-refractivity contribution in [2.45, 2.75) is 335 Å². The second-order valence-corrected chi connectivity index (χ2v) is 23.1. The third kappa shape index (κ3) is 68.5. The van der Waals surface area contributed by atoms with Gasteiger partial charge < -0.3 is 14.2 Å². The first-order chi connectivity index (χ1) is 41.0. The molecule has 6 heteroatoms. The van der Waals surface area contributed by atoms with Gasteiger partial charge in [0.15, 0.2) is 6.10 Å². The molecule has 0 aliphatic heterocycles. The molecule has 0 bridgehead atoms. The van der Waals surface area contributed by atoms with Crippen molar-refractivity contribution in [1.82, 2.24) is 0 Å². The topological polar surface area (TPSA) is 78.9 Å². The van der Waals surface area contributed by atoms with Crippen LogP contribution >= 0.6 is 0 Å². The van der Waals surface area contributed by atoms with Gasteiger partial charge in [-0.05, 0) is 128 Å². The predicted molar refractivity (Wildman–Crippen MR) is 362 cm³/mol. The standard InChI is InChI=1S/C77H130O6/c1-4-7-10-13-16-19-22-24-26-28-30-32-33-34-35-36-37-38-39-40-41-42-43-45-46-48-50-52-55-58-61-64-67-70-76(79)82-73-74(72-81-75(78)69-66-63-60-57-54-21-18-15-12-9-6-3)83-77(80)71-68-65-62-59-56-53-51-49-47-44-31-29-27-25-23-20-17-14-11-8-5-2/h8,11,15,17-18,20,22,24-25,27-28,30-31,33-34,44,49,51,56,59,74H,4-7,9-10,12-14,16,19,21,23,26,29,32,35-43,45-48,50,52-55,57-58,60-73H2,1-3H3/b11-8-,18-15-,20-17-,24-22-,27-25-,30-28-,34-33-,44-31-,51-49-,59-56-. The summed E-state index contributed by atoms with van der Waals surface area (Å²) in [6.07, 6.45) is 98.1. The minimum absolute atomic E-state index is 0.0984. The minimum Gasteiger partial charge on any atom is -0.462 e. The van der Waals surface area contributed by atoms with Gasteiger partial charge in [-0.15, -0.1) is 0 Å². The molecule has 0 spiro atoms. The normalized spacial score (nSPS) is 12.9. The molecule has 6 nitrogen and oxygen atoms in total. The number of carbonyl (C=O) groups is 3. The van der Waals surface area contributed by atoms with Crippen molar-refractivity contribution in [3.8, 4) is 0 Å². The quantitative estimate of drug-likeness (QED) is 0.0261. The van der Waals surface area contributed by atoms with Gasteiger partial charge in [-0.1, -0.05) is 303 Å². The summed E-state index contributed by atoms with van der Waals surface area (Å²) in [5.74, 6) is -0.945. The van der Waals surface area contributed by atoms with Crippen LogP contribution < -0.4 is 0 Å². The maximum absolute atomic E-state index is 12.9. The SMILES string of the molecule is CC/C=C\C/C=C\C/C=C\C/C=C\C/C=C\C/C=C\CCCCC(=O)OC(COC(=O)CCCCCCC/C=C\CCCC)COC(=O)CCCCCCCCCCCCCCCCCCCC/C=C\C/C=C\C/C=C\CCCCCCC. The number of ether oxygens (including phenoxy) is 3. The van der Waals surface area contributed by atoms with Crippen molar-refractivity contribution in [3.63, 3.8) is 0 Å². The molecule has 0 aromatic heterocycles. The van der Waals surface area contributed by atoms with E-state index < -0.39 is 6.10 Å². The van der Waals surface area contributed by atoms with Gasteiger partial charge in [-0.25, -0.2) is 0 Å². The van der Waals surface area contributed by atoms with Gasteiger partial charge >= 0.3 is 17.9 Å². The molecule has 474 valence electrons. The van der Waals surface area contributed by atoms with Crippen LogP contribution in [0.3, 0.4) is 0 Å². The third-order valence-corrected chi connectivity index (χ3v) is 14.9. The fraction of sp³-hybridized carbons (Fsp3) is 0.701. The fourth-order valence-electron chi connectivity index (χ4n) is 9.67.